The van der Waals surface area contributed by atoms with Gasteiger partial charge >= 0.3 is 0 Å². The number of carbonyl (C=O) groups is 1. The summed E-state index contributed by atoms with van der Waals surface area (Å²) in [7, 11) is 0. The first-order valence-corrected chi connectivity index (χ1v) is 6.62. The fourth-order valence-electron chi connectivity index (χ4n) is 1.50. The molecule has 0 fully saturated rings. The van der Waals surface area contributed by atoms with Gasteiger partial charge in [-0.2, -0.15) is 0 Å². The fraction of sp³-hybridized carbons (Fsp3) is 0.133. The smallest absolute Gasteiger partial charge is 0.173 e. The van der Waals surface area contributed by atoms with E-state index in [1.165, 1.54) is 41.6 Å². The first-order valence-electron chi connectivity index (χ1n) is 5.63. The number of hydrogen-bond acceptors (Lipinski definition) is 2. The number of ketones is 1. The van der Waals surface area contributed by atoms with Gasteiger partial charge in [0.2, 0.25) is 0 Å². The van der Waals surface area contributed by atoms with Crippen LogP contribution < -0.4 is 0 Å². The van der Waals surface area contributed by atoms with Crippen molar-refractivity contribution in [3.05, 3.63) is 65.5 Å². The Bertz CT molecular complexity index is 531. The summed E-state index contributed by atoms with van der Waals surface area (Å²) in [4.78, 5) is 12.9. The summed E-state index contributed by atoms with van der Waals surface area (Å²) in [6, 6.07) is 13.7. The second-order valence-electron chi connectivity index (χ2n) is 4.03. The van der Waals surface area contributed by atoms with Crippen LogP contribution in [0, 0.1) is 12.7 Å². The first-order chi connectivity index (χ1) is 8.65. The van der Waals surface area contributed by atoms with Crippen LogP contribution in [0.1, 0.15) is 15.9 Å². The molecular weight excluding hydrogens is 247 g/mol. The van der Waals surface area contributed by atoms with Gasteiger partial charge in [0, 0.05) is 10.5 Å². The van der Waals surface area contributed by atoms with E-state index >= 15 is 0 Å². The van der Waals surface area contributed by atoms with Crippen LogP contribution in [0.25, 0.3) is 0 Å². The van der Waals surface area contributed by atoms with Gasteiger partial charge in [-0.05, 0) is 43.3 Å². The van der Waals surface area contributed by atoms with E-state index in [0.29, 0.717) is 11.3 Å². The predicted molar refractivity (Wildman–Crippen MR) is 72.6 cm³/mol. The van der Waals surface area contributed by atoms with Crippen molar-refractivity contribution < 1.29 is 9.18 Å². The Balaban J connectivity index is 1.96. The SMILES string of the molecule is Cc1ccc(SCC(=O)c2ccc(F)cc2)cc1. The van der Waals surface area contributed by atoms with Crippen LogP contribution in [0.2, 0.25) is 0 Å². The lowest BCUT2D eigenvalue weighted by Crippen LogP contribution is -2.02. The molecule has 0 aliphatic carbocycles. The maximum absolute atomic E-state index is 12.7. The Morgan fingerprint density at radius 3 is 2.28 bits per heavy atom. The molecule has 0 aromatic heterocycles. The molecule has 0 saturated carbocycles. The molecule has 0 unspecified atom stereocenters. The zero-order valence-corrected chi connectivity index (χ0v) is 10.8. The molecule has 0 amide bonds. The van der Waals surface area contributed by atoms with E-state index in [0.717, 1.165) is 4.90 Å². The molecule has 0 heterocycles. The summed E-state index contributed by atoms with van der Waals surface area (Å²) in [5.41, 5.74) is 1.75. The highest BCUT2D eigenvalue weighted by Gasteiger charge is 2.06. The molecule has 18 heavy (non-hydrogen) atoms. The fourth-order valence-corrected chi connectivity index (χ4v) is 2.30. The molecule has 0 atom stereocenters. The minimum absolute atomic E-state index is 0.0144. The Morgan fingerprint density at radius 2 is 1.67 bits per heavy atom. The predicted octanol–water partition coefficient (Wildman–Crippen LogP) is 4.11. The number of carbonyl (C=O) groups excluding carboxylic acids is 1. The maximum atomic E-state index is 12.7. The van der Waals surface area contributed by atoms with Crippen molar-refractivity contribution in [1.82, 2.24) is 0 Å². The minimum atomic E-state index is -0.322. The lowest BCUT2D eigenvalue weighted by Gasteiger charge is -2.02. The van der Waals surface area contributed by atoms with Crippen molar-refractivity contribution in [2.75, 3.05) is 5.75 Å². The summed E-state index contributed by atoms with van der Waals surface area (Å²) < 4.78 is 12.7. The van der Waals surface area contributed by atoms with Gasteiger partial charge in [0.05, 0.1) is 5.75 Å². The zero-order valence-electron chi connectivity index (χ0n) is 10.0. The van der Waals surface area contributed by atoms with E-state index in [4.69, 9.17) is 0 Å². The molecule has 0 saturated heterocycles. The van der Waals surface area contributed by atoms with Gasteiger partial charge in [0.25, 0.3) is 0 Å². The average molecular weight is 260 g/mol. The number of Topliss-reactive ketones (excluding diaryl/α,β-unsaturated/α-hetero) is 1. The summed E-state index contributed by atoms with van der Waals surface area (Å²) in [5, 5.41) is 0. The van der Waals surface area contributed by atoms with Gasteiger partial charge in [0.1, 0.15) is 5.82 Å². The Morgan fingerprint density at radius 1 is 1.06 bits per heavy atom. The van der Waals surface area contributed by atoms with Gasteiger partial charge < -0.3 is 0 Å². The van der Waals surface area contributed by atoms with Gasteiger partial charge in [-0.15, -0.1) is 11.8 Å². The van der Waals surface area contributed by atoms with Crippen molar-refractivity contribution >= 4 is 17.5 Å². The number of benzene rings is 2. The Kier molecular flexibility index (Phi) is 4.15. The monoisotopic (exact) mass is 260 g/mol. The largest absolute Gasteiger partial charge is 0.293 e. The zero-order chi connectivity index (χ0) is 13.0. The molecule has 0 radical (unpaired) electrons. The molecule has 0 aliphatic heterocycles. The second-order valence-corrected chi connectivity index (χ2v) is 5.08. The number of rotatable bonds is 4. The summed E-state index contributed by atoms with van der Waals surface area (Å²) in [6.45, 7) is 2.03. The van der Waals surface area contributed by atoms with E-state index in [1.807, 2.05) is 31.2 Å². The van der Waals surface area contributed by atoms with Crippen molar-refractivity contribution in [1.29, 1.82) is 0 Å². The molecule has 2 aromatic rings. The normalized spacial score (nSPS) is 10.3. The van der Waals surface area contributed by atoms with E-state index < -0.39 is 0 Å². The Hall–Kier alpha value is -1.61. The Labute approximate surface area is 110 Å². The number of aryl methyl sites for hydroxylation is 1. The lowest BCUT2D eigenvalue weighted by molar-refractivity contribution is 0.102. The van der Waals surface area contributed by atoms with Crippen LogP contribution in [0.15, 0.2) is 53.4 Å². The summed E-state index contributed by atoms with van der Waals surface area (Å²) in [6.07, 6.45) is 0. The summed E-state index contributed by atoms with van der Waals surface area (Å²) in [5.74, 6) is 0.0626. The van der Waals surface area contributed by atoms with Crippen molar-refractivity contribution in [3.63, 3.8) is 0 Å². The molecule has 0 aliphatic rings. The van der Waals surface area contributed by atoms with Crippen LogP contribution in [0.5, 0.6) is 0 Å². The number of hydrogen-bond donors (Lipinski definition) is 0. The topological polar surface area (TPSA) is 17.1 Å². The van der Waals surface area contributed by atoms with Gasteiger partial charge in [-0.25, -0.2) is 4.39 Å². The average Bonchev–Trinajstić information content (AvgIpc) is 2.38. The highest BCUT2D eigenvalue weighted by Crippen LogP contribution is 2.19. The number of thioether (sulfide) groups is 1. The molecule has 0 spiro atoms. The quantitative estimate of drug-likeness (QED) is 0.608. The third-order valence-electron chi connectivity index (χ3n) is 2.56. The van der Waals surface area contributed by atoms with Crippen molar-refractivity contribution in [2.24, 2.45) is 0 Å². The van der Waals surface area contributed by atoms with E-state index in [9.17, 15) is 9.18 Å². The maximum Gasteiger partial charge on any atom is 0.173 e. The molecule has 0 N–H and O–H groups in total. The van der Waals surface area contributed by atoms with Crippen LogP contribution in [-0.4, -0.2) is 11.5 Å². The van der Waals surface area contributed by atoms with Crippen molar-refractivity contribution in [2.45, 2.75) is 11.8 Å². The molecule has 2 aromatic carbocycles. The van der Waals surface area contributed by atoms with E-state index in [-0.39, 0.29) is 11.6 Å². The summed E-state index contributed by atoms with van der Waals surface area (Å²) >= 11 is 1.49. The molecule has 1 nitrogen and oxygen atoms in total. The first kappa shape index (κ1) is 12.8. The van der Waals surface area contributed by atoms with E-state index in [1.54, 1.807) is 0 Å². The van der Waals surface area contributed by atoms with E-state index in [2.05, 4.69) is 0 Å². The van der Waals surface area contributed by atoms with Crippen LogP contribution >= 0.6 is 11.8 Å². The minimum Gasteiger partial charge on any atom is -0.293 e. The van der Waals surface area contributed by atoms with Crippen LogP contribution in [0.4, 0.5) is 4.39 Å². The lowest BCUT2D eigenvalue weighted by atomic mass is 10.1. The van der Waals surface area contributed by atoms with Crippen LogP contribution in [-0.2, 0) is 0 Å². The molecule has 2 rings (SSSR count). The third-order valence-corrected chi connectivity index (χ3v) is 3.57. The standard InChI is InChI=1S/C15H13FOS/c1-11-2-8-14(9-3-11)18-10-15(17)12-4-6-13(16)7-5-12/h2-9H,10H2,1H3. The van der Waals surface area contributed by atoms with Crippen LogP contribution in [0.3, 0.4) is 0 Å². The molecule has 3 heteroatoms. The second kappa shape index (κ2) is 5.83. The molecular formula is C15H13FOS. The highest BCUT2D eigenvalue weighted by atomic mass is 32.2. The van der Waals surface area contributed by atoms with Gasteiger partial charge in [0.15, 0.2) is 5.78 Å². The number of halogens is 1. The van der Waals surface area contributed by atoms with Crippen molar-refractivity contribution in [3.8, 4) is 0 Å². The van der Waals surface area contributed by atoms with Gasteiger partial charge in [-0.1, -0.05) is 17.7 Å². The third kappa shape index (κ3) is 3.44. The molecule has 92 valence electrons. The van der Waals surface area contributed by atoms with Gasteiger partial charge in [-0.3, -0.25) is 4.79 Å². The molecule has 0 bridgehead atoms. The highest BCUT2D eigenvalue weighted by molar-refractivity contribution is 8.00.